The van der Waals surface area contributed by atoms with Gasteiger partial charge in [-0.1, -0.05) is 18.2 Å². The molecule has 1 fully saturated rings. The minimum atomic E-state index is -0.549. The Labute approximate surface area is 175 Å². The van der Waals surface area contributed by atoms with E-state index in [1.807, 2.05) is 43.3 Å². The van der Waals surface area contributed by atoms with Crippen molar-refractivity contribution in [3.63, 3.8) is 0 Å². The number of hydrogen-bond acceptors (Lipinski definition) is 6. The molecule has 0 radical (unpaired) electrons. The number of primary amides is 1. The van der Waals surface area contributed by atoms with Gasteiger partial charge in [-0.15, -0.1) is 0 Å². The number of aromatic nitrogens is 1. The number of nitrogens with two attached hydrogens (primary N) is 1. The maximum Gasteiger partial charge on any atom is 0.252 e. The smallest absolute Gasteiger partial charge is 0.252 e. The third-order valence-electron chi connectivity index (χ3n) is 5.19. The summed E-state index contributed by atoms with van der Waals surface area (Å²) in [5.74, 6) is 0.640. The Morgan fingerprint density at radius 1 is 1.23 bits per heavy atom. The lowest BCUT2D eigenvalue weighted by Crippen LogP contribution is -2.22. The van der Waals surface area contributed by atoms with Crippen molar-refractivity contribution in [3.05, 3.63) is 53.7 Å². The molecule has 0 atom stereocenters. The van der Waals surface area contributed by atoms with Gasteiger partial charge >= 0.3 is 0 Å². The molecule has 7 heteroatoms. The molecule has 1 aliphatic rings. The Morgan fingerprint density at radius 3 is 2.73 bits per heavy atom. The van der Waals surface area contributed by atoms with Crippen molar-refractivity contribution in [2.45, 2.75) is 25.8 Å². The van der Waals surface area contributed by atoms with Gasteiger partial charge < -0.3 is 25.8 Å². The number of ether oxygens (including phenoxy) is 2. The largest absolute Gasteiger partial charge is 0.493 e. The number of fused-ring (bicyclic) bond motifs is 1. The fourth-order valence-corrected chi connectivity index (χ4v) is 3.35. The van der Waals surface area contributed by atoms with E-state index in [9.17, 15) is 4.79 Å². The predicted molar refractivity (Wildman–Crippen MR) is 118 cm³/mol. The fraction of sp³-hybridized carbons (Fsp3) is 0.304. The van der Waals surface area contributed by atoms with Gasteiger partial charge in [0.15, 0.2) is 11.5 Å². The maximum absolute atomic E-state index is 12.1. The standard InChI is InChI=1S/C23H26N4O3/c1-14-5-3-4-6-18(14)27-22-16-11-21(30-10-9-25-15-7-8-15)20(29-2)12-19(16)26-13-17(22)23(24)28/h3-6,11-13,15,25H,7-10H2,1-2H3,(H2,24,28)(H,26,27). The zero-order valence-electron chi connectivity index (χ0n) is 17.2. The number of nitrogens with zero attached hydrogens (tertiary/aromatic N) is 1. The zero-order chi connectivity index (χ0) is 21.1. The van der Waals surface area contributed by atoms with E-state index in [1.165, 1.54) is 19.0 Å². The van der Waals surface area contributed by atoms with Crippen molar-refractivity contribution < 1.29 is 14.3 Å². The second kappa shape index (κ2) is 8.59. The summed E-state index contributed by atoms with van der Waals surface area (Å²) in [6.45, 7) is 3.28. The molecule has 156 valence electrons. The average Bonchev–Trinajstić information content (AvgIpc) is 3.56. The Bertz CT molecular complexity index is 1080. The molecule has 0 unspecified atom stereocenters. The molecule has 0 bridgehead atoms. The van der Waals surface area contributed by atoms with E-state index in [0.717, 1.165) is 23.2 Å². The minimum absolute atomic E-state index is 0.317. The summed E-state index contributed by atoms with van der Waals surface area (Å²) in [5, 5.41) is 7.53. The van der Waals surface area contributed by atoms with Crippen LogP contribution in [-0.4, -0.2) is 37.2 Å². The molecule has 1 amide bonds. The molecule has 4 rings (SSSR count). The predicted octanol–water partition coefficient (Wildman–Crippen LogP) is 3.53. The van der Waals surface area contributed by atoms with Crippen molar-refractivity contribution in [2.24, 2.45) is 5.73 Å². The Hall–Kier alpha value is -3.32. The molecule has 1 aromatic heterocycles. The number of para-hydroxylation sites is 1. The number of benzene rings is 2. The summed E-state index contributed by atoms with van der Waals surface area (Å²) in [5.41, 5.74) is 9.18. The van der Waals surface area contributed by atoms with Gasteiger partial charge in [-0.25, -0.2) is 0 Å². The normalized spacial score (nSPS) is 13.3. The first kappa shape index (κ1) is 20.0. The first-order valence-corrected chi connectivity index (χ1v) is 10.1. The summed E-state index contributed by atoms with van der Waals surface area (Å²) in [7, 11) is 1.60. The van der Waals surface area contributed by atoms with Crippen molar-refractivity contribution in [1.29, 1.82) is 0 Å². The summed E-state index contributed by atoms with van der Waals surface area (Å²) >= 11 is 0. The van der Waals surface area contributed by atoms with Crippen molar-refractivity contribution >= 4 is 28.2 Å². The highest BCUT2D eigenvalue weighted by Crippen LogP contribution is 2.37. The van der Waals surface area contributed by atoms with Gasteiger partial charge in [0.05, 0.1) is 23.9 Å². The third-order valence-corrected chi connectivity index (χ3v) is 5.19. The van der Waals surface area contributed by atoms with Crippen LogP contribution in [0.15, 0.2) is 42.6 Å². The van der Waals surface area contributed by atoms with E-state index in [-0.39, 0.29) is 0 Å². The molecule has 1 aliphatic carbocycles. The first-order valence-electron chi connectivity index (χ1n) is 10.1. The Morgan fingerprint density at radius 2 is 2.03 bits per heavy atom. The van der Waals surface area contributed by atoms with Crippen LogP contribution in [0, 0.1) is 6.92 Å². The van der Waals surface area contributed by atoms with Crippen LogP contribution in [0.3, 0.4) is 0 Å². The molecule has 3 aromatic rings. The maximum atomic E-state index is 12.1. The number of anilines is 2. The number of aryl methyl sites for hydroxylation is 1. The number of carbonyl (C=O) groups excluding carboxylic acids is 1. The third kappa shape index (κ3) is 4.31. The van der Waals surface area contributed by atoms with Gasteiger partial charge in [-0.2, -0.15) is 0 Å². The highest BCUT2D eigenvalue weighted by atomic mass is 16.5. The van der Waals surface area contributed by atoms with Gasteiger partial charge in [0, 0.05) is 35.9 Å². The molecule has 30 heavy (non-hydrogen) atoms. The molecule has 0 spiro atoms. The highest BCUT2D eigenvalue weighted by Gasteiger charge is 2.20. The van der Waals surface area contributed by atoms with Crippen LogP contribution < -0.4 is 25.8 Å². The first-order chi connectivity index (χ1) is 14.6. The Balaban J connectivity index is 1.73. The lowest BCUT2D eigenvalue weighted by molar-refractivity contribution is 0.100. The Kier molecular flexibility index (Phi) is 5.72. The van der Waals surface area contributed by atoms with Crippen LogP contribution in [0.5, 0.6) is 11.5 Å². The molecule has 2 aromatic carbocycles. The number of rotatable bonds is 9. The molecule has 7 nitrogen and oxygen atoms in total. The van der Waals surface area contributed by atoms with Crippen LogP contribution in [0.1, 0.15) is 28.8 Å². The minimum Gasteiger partial charge on any atom is -0.493 e. The van der Waals surface area contributed by atoms with E-state index in [0.29, 0.717) is 40.9 Å². The summed E-state index contributed by atoms with van der Waals surface area (Å²) < 4.78 is 11.5. The molecule has 1 heterocycles. The molecular weight excluding hydrogens is 380 g/mol. The lowest BCUT2D eigenvalue weighted by Gasteiger charge is -2.17. The van der Waals surface area contributed by atoms with Crippen molar-refractivity contribution in [3.8, 4) is 11.5 Å². The summed E-state index contributed by atoms with van der Waals surface area (Å²) in [6, 6.07) is 12.1. The molecule has 1 saturated carbocycles. The number of amides is 1. The number of carbonyl (C=O) groups is 1. The second-order valence-corrected chi connectivity index (χ2v) is 7.45. The van der Waals surface area contributed by atoms with Gasteiger partial charge in [0.1, 0.15) is 6.61 Å². The van der Waals surface area contributed by atoms with E-state index in [4.69, 9.17) is 15.2 Å². The van der Waals surface area contributed by atoms with Crippen LogP contribution >= 0.6 is 0 Å². The number of pyridine rings is 1. The average molecular weight is 406 g/mol. The van der Waals surface area contributed by atoms with Crippen LogP contribution in [0.4, 0.5) is 11.4 Å². The van der Waals surface area contributed by atoms with E-state index < -0.39 is 5.91 Å². The van der Waals surface area contributed by atoms with E-state index >= 15 is 0 Å². The van der Waals surface area contributed by atoms with E-state index in [1.54, 1.807) is 7.11 Å². The van der Waals surface area contributed by atoms with Gasteiger partial charge in [0.25, 0.3) is 5.91 Å². The quantitative estimate of drug-likeness (QED) is 0.470. The SMILES string of the molecule is COc1cc2ncc(C(N)=O)c(Nc3ccccc3C)c2cc1OCCNC1CC1. The topological polar surface area (TPSA) is 98.5 Å². The van der Waals surface area contributed by atoms with Gasteiger partial charge in [-0.3, -0.25) is 9.78 Å². The lowest BCUT2D eigenvalue weighted by atomic mass is 10.1. The highest BCUT2D eigenvalue weighted by molar-refractivity contribution is 6.08. The summed E-state index contributed by atoms with van der Waals surface area (Å²) in [6.07, 6.45) is 3.95. The monoisotopic (exact) mass is 406 g/mol. The second-order valence-electron chi connectivity index (χ2n) is 7.45. The fourth-order valence-electron chi connectivity index (χ4n) is 3.35. The van der Waals surface area contributed by atoms with Gasteiger partial charge in [0.2, 0.25) is 0 Å². The number of hydrogen-bond donors (Lipinski definition) is 3. The van der Waals surface area contributed by atoms with Crippen molar-refractivity contribution in [1.82, 2.24) is 10.3 Å². The molecule has 4 N–H and O–H groups in total. The van der Waals surface area contributed by atoms with Crippen LogP contribution in [0.25, 0.3) is 10.9 Å². The van der Waals surface area contributed by atoms with E-state index in [2.05, 4.69) is 15.6 Å². The molecular formula is C23H26N4O3. The van der Waals surface area contributed by atoms with Crippen LogP contribution in [-0.2, 0) is 0 Å². The van der Waals surface area contributed by atoms with Gasteiger partial charge in [-0.05, 0) is 37.5 Å². The number of nitrogens with one attached hydrogen (secondary N) is 2. The summed E-state index contributed by atoms with van der Waals surface area (Å²) in [4.78, 5) is 16.5. The molecule has 0 aliphatic heterocycles. The zero-order valence-corrected chi connectivity index (χ0v) is 17.2. The van der Waals surface area contributed by atoms with Crippen molar-refractivity contribution in [2.75, 3.05) is 25.6 Å². The van der Waals surface area contributed by atoms with Crippen LogP contribution in [0.2, 0.25) is 0 Å². The number of methoxy groups -OCH3 is 1. The molecule has 0 saturated heterocycles.